The predicted molar refractivity (Wildman–Crippen MR) is 76.1 cm³/mol. The van der Waals surface area contributed by atoms with Crippen LogP contribution in [0.5, 0.6) is 0 Å². The lowest BCUT2D eigenvalue weighted by molar-refractivity contribution is -0.117. The Balaban J connectivity index is 1.58. The Labute approximate surface area is 117 Å². The second-order valence-electron chi connectivity index (χ2n) is 5.11. The lowest BCUT2D eigenvalue weighted by atomic mass is 10.2. The van der Waals surface area contributed by atoms with Crippen molar-refractivity contribution in [1.29, 1.82) is 0 Å². The fraction of sp³-hybridized carbons (Fsp3) is 0.357. The molecular formula is C14H17N5O. The number of nitrogens with one attached hydrogen (secondary N) is 2. The molecule has 1 saturated carbocycles. The number of hydrogen-bond acceptors (Lipinski definition) is 4. The number of carbonyl (C=O) groups excluding carboxylic acids is 1. The summed E-state index contributed by atoms with van der Waals surface area (Å²) in [6, 6.07) is 8.14. The lowest BCUT2D eigenvalue weighted by Crippen LogP contribution is -2.31. The number of H-pyrrole nitrogens is 1. The van der Waals surface area contributed by atoms with Gasteiger partial charge in [-0.2, -0.15) is 5.10 Å². The molecule has 1 aromatic heterocycles. The van der Waals surface area contributed by atoms with Crippen LogP contribution in [0.2, 0.25) is 0 Å². The first-order valence-corrected chi connectivity index (χ1v) is 6.68. The molecule has 3 rings (SSSR count). The molecule has 0 spiro atoms. The van der Waals surface area contributed by atoms with Crippen molar-refractivity contribution in [3.8, 4) is 11.4 Å². The summed E-state index contributed by atoms with van der Waals surface area (Å²) < 4.78 is 0. The Morgan fingerprint density at radius 2 is 2.15 bits per heavy atom. The van der Waals surface area contributed by atoms with Crippen molar-refractivity contribution in [1.82, 2.24) is 20.1 Å². The van der Waals surface area contributed by atoms with Gasteiger partial charge in [0.05, 0.1) is 6.54 Å². The van der Waals surface area contributed by atoms with Crippen LogP contribution in [0.15, 0.2) is 30.6 Å². The maximum atomic E-state index is 11.9. The number of amides is 1. The molecule has 20 heavy (non-hydrogen) atoms. The lowest BCUT2D eigenvalue weighted by Gasteiger charge is -2.15. The van der Waals surface area contributed by atoms with Crippen LogP contribution in [0.3, 0.4) is 0 Å². The van der Waals surface area contributed by atoms with Gasteiger partial charge in [-0.15, -0.1) is 0 Å². The summed E-state index contributed by atoms with van der Waals surface area (Å²) >= 11 is 0. The largest absolute Gasteiger partial charge is 0.325 e. The molecule has 0 saturated heterocycles. The number of carbonyl (C=O) groups is 1. The molecule has 0 aliphatic heterocycles. The molecule has 1 aromatic carbocycles. The highest BCUT2D eigenvalue weighted by molar-refractivity contribution is 5.92. The molecule has 0 unspecified atom stereocenters. The summed E-state index contributed by atoms with van der Waals surface area (Å²) in [5.41, 5.74) is 1.73. The van der Waals surface area contributed by atoms with Crippen molar-refractivity contribution in [2.45, 2.75) is 18.9 Å². The van der Waals surface area contributed by atoms with Gasteiger partial charge in [0.1, 0.15) is 6.33 Å². The molecular weight excluding hydrogens is 254 g/mol. The average molecular weight is 271 g/mol. The fourth-order valence-corrected chi connectivity index (χ4v) is 2.13. The van der Waals surface area contributed by atoms with E-state index < -0.39 is 0 Å². The number of nitrogens with zero attached hydrogens (tertiary/aromatic N) is 3. The molecule has 1 heterocycles. The number of aromatic nitrogens is 3. The van der Waals surface area contributed by atoms with E-state index >= 15 is 0 Å². The number of aromatic amines is 1. The number of benzene rings is 1. The van der Waals surface area contributed by atoms with Crippen molar-refractivity contribution in [3.05, 3.63) is 30.6 Å². The van der Waals surface area contributed by atoms with Gasteiger partial charge < -0.3 is 5.32 Å². The van der Waals surface area contributed by atoms with Crippen LogP contribution in [-0.2, 0) is 4.79 Å². The van der Waals surface area contributed by atoms with Crippen molar-refractivity contribution >= 4 is 11.6 Å². The molecule has 0 bridgehead atoms. The minimum Gasteiger partial charge on any atom is -0.325 e. The van der Waals surface area contributed by atoms with Gasteiger partial charge in [0.2, 0.25) is 5.91 Å². The fourth-order valence-electron chi connectivity index (χ4n) is 2.13. The molecule has 104 valence electrons. The maximum Gasteiger partial charge on any atom is 0.238 e. The first kappa shape index (κ1) is 12.8. The summed E-state index contributed by atoms with van der Waals surface area (Å²) in [6.45, 7) is 0.439. The second-order valence-corrected chi connectivity index (χ2v) is 5.11. The van der Waals surface area contributed by atoms with Gasteiger partial charge in [0.15, 0.2) is 5.82 Å². The zero-order valence-electron chi connectivity index (χ0n) is 11.3. The molecule has 1 fully saturated rings. The summed E-state index contributed by atoms with van der Waals surface area (Å²) in [6.07, 6.45) is 3.88. The van der Waals surface area contributed by atoms with Crippen molar-refractivity contribution < 1.29 is 4.79 Å². The Morgan fingerprint density at radius 3 is 2.75 bits per heavy atom. The van der Waals surface area contributed by atoms with Crippen LogP contribution in [0.4, 0.5) is 5.69 Å². The van der Waals surface area contributed by atoms with E-state index in [1.54, 1.807) is 0 Å². The third-order valence-electron chi connectivity index (χ3n) is 3.42. The van der Waals surface area contributed by atoms with Crippen LogP contribution >= 0.6 is 0 Å². The number of rotatable bonds is 5. The quantitative estimate of drug-likeness (QED) is 0.864. The molecule has 1 amide bonds. The van der Waals surface area contributed by atoms with Gasteiger partial charge in [-0.25, -0.2) is 4.98 Å². The number of hydrogen-bond donors (Lipinski definition) is 2. The Kier molecular flexibility index (Phi) is 3.47. The van der Waals surface area contributed by atoms with Gasteiger partial charge in [-0.05, 0) is 44.2 Å². The van der Waals surface area contributed by atoms with Gasteiger partial charge in [0.25, 0.3) is 0 Å². The average Bonchev–Trinajstić information content (AvgIpc) is 3.15. The van der Waals surface area contributed by atoms with Crippen LogP contribution in [0, 0.1) is 0 Å². The van der Waals surface area contributed by atoms with Crippen LogP contribution in [-0.4, -0.2) is 45.6 Å². The Morgan fingerprint density at radius 1 is 1.40 bits per heavy atom. The Hall–Kier alpha value is -2.21. The molecule has 0 radical (unpaired) electrons. The normalized spacial score (nSPS) is 14.5. The van der Waals surface area contributed by atoms with Crippen molar-refractivity contribution in [2.24, 2.45) is 0 Å². The van der Waals surface area contributed by atoms with E-state index in [1.807, 2.05) is 31.3 Å². The van der Waals surface area contributed by atoms with Gasteiger partial charge in [0, 0.05) is 17.3 Å². The van der Waals surface area contributed by atoms with Crippen LogP contribution in [0.25, 0.3) is 11.4 Å². The topological polar surface area (TPSA) is 73.9 Å². The highest BCUT2D eigenvalue weighted by Crippen LogP contribution is 2.25. The Bertz CT molecular complexity index is 574. The van der Waals surface area contributed by atoms with E-state index in [1.165, 1.54) is 19.2 Å². The van der Waals surface area contributed by atoms with E-state index in [-0.39, 0.29) is 5.91 Å². The molecule has 6 heteroatoms. The van der Waals surface area contributed by atoms with E-state index in [4.69, 9.17) is 0 Å². The first-order valence-electron chi connectivity index (χ1n) is 6.68. The third kappa shape index (κ3) is 3.03. The maximum absolute atomic E-state index is 11.9. The van der Waals surface area contributed by atoms with E-state index in [0.29, 0.717) is 12.6 Å². The van der Waals surface area contributed by atoms with E-state index in [9.17, 15) is 4.79 Å². The molecule has 2 N–H and O–H groups in total. The summed E-state index contributed by atoms with van der Waals surface area (Å²) in [5.74, 6) is 0.739. The summed E-state index contributed by atoms with van der Waals surface area (Å²) in [7, 11) is 1.99. The summed E-state index contributed by atoms with van der Waals surface area (Å²) in [4.78, 5) is 18.1. The molecule has 1 aliphatic rings. The molecule has 1 aliphatic carbocycles. The van der Waals surface area contributed by atoms with E-state index in [0.717, 1.165) is 17.1 Å². The highest BCUT2D eigenvalue weighted by Gasteiger charge is 2.27. The van der Waals surface area contributed by atoms with E-state index in [2.05, 4.69) is 25.4 Å². The summed E-state index contributed by atoms with van der Waals surface area (Å²) in [5, 5.41) is 9.52. The van der Waals surface area contributed by atoms with Crippen LogP contribution in [0.1, 0.15) is 12.8 Å². The number of likely N-dealkylation sites (N-methyl/N-ethyl adjacent to an activating group) is 1. The van der Waals surface area contributed by atoms with Gasteiger partial charge >= 0.3 is 0 Å². The van der Waals surface area contributed by atoms with Gasteiger partial charge in [-0.1, -0.05) is 0 Å². The van der Waals surface area contributed by atoms with Crippen molar-refractivity contribution in [3.63, 3.8) is 0 Å². The van der Waals surface area contributed by atoms with Gasteiger partial charge in [-0.3, -0.25) is 14.8 Å². The molecule has 0 atom stereocenters. The SMILES string of the molecule is CN(CC(=O)Nc1ccc(-c2ncn[nH]2)cc1)C1CC1. The molecule has 6 nitrogen and oxygen atoms in total. The molecule has 2 aromatic rings. The highest BCUT2D eigenvalue weighted by atomic mass is 16.2. The van der Waals surface area contributed by atoms with Crippen molar-refractivity contribution in [2.75, 3.05) is 18.9 Å². The minimum absolute atomic E-state index is 0.0202. The zero-order chi connectivity index (χ0) is 13.9. The minimum atomic E-state index is 0.0202. The smallest absolute Gasteiger partial charge is 0.238 e. The predicted octanol–water partition coefficient (Wildman–Crippen LogP) is 1.50. The monoisotopic (exact) mass is 271 g/mol. The third-order valence-corrected chi connectivity index (χ3v) is 3.42. The number of anilines is 1. The first-order chi connectivity index (χ1) is 9.72. The standard InChI is InChI=1S/C14H17N5O/c1-19(12-6-7-12)8-13(20)17-11-4-2-10(3-5-11)14-15-9-16-18-14/h2-5,9,12H,6-8H2,1H3,(H,17,20)(H,15,16,18). The zero-order valence-corrected chi connectivity index (χ0v) is 11.3. The van der Waals surface area contributed by atoms with Crippen LogP contribution < -0.4 is 5.32 Å². The second kappa shape index (κ2) is 5.42.